The number of rotatable bonds is 4. The van der Waals surface area contributed by atoms with Crippen molar-refractivity contribution in [1.29, 1.82) is 0 Å². The van der Waals surface area contributed by atoms with Crippen molar-refractivity contribution in [3.05, 3.63) is 12.2 Å². The Morgan fingerprint density at radius 3 is 2.70 bits per heavy atom. The second-order valence-electron chi connectivity index (χ2n) is 2.11. The van der Waals surface area contributed by atoms with Crippen molar-refractivity contribution in [1.82, 2.24) is 0 Å². The quantitative estimate of drug-likeness (QED) is 0.322. The highest BCUT2D eigenvalue weighted by Crippen LogP contribution is 1.89. The third kappa shape index (κ3) is 4.09. The Kier molecular flexibility index (Phi) is 4.58. The van der Waals surface area contributed by atoms with Crippen molar-refractivity contribution in [3.8, 4) is 0 Å². The third-order valence-electron chi connectivity index (χ3n) is 0.988. The number of ether oxygens (including phenoxy) is 1. The van der Waals surface area contributed by atoms with E-state index in [4.69, 9.17) is 4.74 Å². The van der Waals surface area contributed by atoms with Crippen LogP contribution in [0.15, 0.2) is 12.2 Å². The highest BCUT2D eigenvalue weighted by Gasteiger charge is 2.01. The Balaban J connectivity index is 3.31. The lowest BCUT2D eigenvalue weighted by Gasteiger charge is -2.00. The minimum atomic E-state index is -0.304. The van der Waals surface area contributed by atoms with E-state index in [1.165, 1.54) is 0 Å². The molecule has 0 spiro atoms. The molecule has 0 saturated carbocycles. The lowest BCUT2D eigenvalue weighted by Crippen LogP contribution is -2.80. The molecule has 0 radical (unpaired) electrons. The van der Waals surface area contributed by atoms with Crippen LogP contribution in [0.25, 0.3) is 0 Å². The first-order chi connectivity index (χ1) is 4.68. The molecule has 3 heteroatoms. The summed E-state index contributed by atoms with van der Waals surface area (Å²) in [7, 11) is 1.93. The van der Waals surface area contributed by atoms with Gasteiger partial charge >= 0.3 is 5.97 Å². The first kappa shape index (κ1) is 9.17. The predicted molar refractivity (Wildman–Crippen MR) is 38.5 cm³/mol. The fourth-order valence-electron chi connectivity index (χ4n) is 0.393. The maximum atomic E-state index is 10.7. The average Bonchev–Trinajstić information content (AvgIpc) is 1.88. The van der Waals surface area contributed by atoms with Crippen molar-refractivity contribution in [2.24, 2.45) is 0 Å². The summed E-state index contributed by atoms with van der Waals surface area (Å²) in [5.74, 6) is -0.304. The minimum absolute atomic E-state index is 0.304. The largest absolute Gasteiger partial charge is 0.456 e. The Morgan fingerprint density at radius 2 is 2.30 bits per heavy atom. The fourth-order valence-corrected chi connectivity index (χ4v) is 0.393. The number of nitrogens with two attached hydrogens (primary N) is 1. The smallest absolute Gasteiger partial charge is 0.333 e. The van der Waals surface area contributed by atoms with E-state index in [-0.39, 0.29) is 5.97 Å². The van der Waals surface area contributed by atoms with Crippen LogP contribution in [0.4, 0.5) is 0 Å². The number of likely N-dealkylation sites (N-methyl/N-ethyl adjacent to an activating group) is 1. The summed E-state index contributed by atoms with van der Waals surface area (Å²) in [6, 6.07) is 0. The molecule has 0 bridgehead atoms. The molecule has 0 heterocycles. The van der Waals surface area contributed by atoms with Crippen LogP contribution in [0.5, 0.6) is 0 Å². The first-order valence-electron chi connectivity index (χ1n) is 3.29. The van der Waals surface area contributed by atoms with Gasteiger partial charge in [0.2, 0.25) is 0 Å². The van der Waals surface area contributed by atoms with E-state index < -0.39 is 0 Å². The molecule has 0 aliphatic carbocycles. The van der Waals surface area contributed by atoms with Crippen molar-refractivity contribution in [2.75, 3.05) is 20.2 Å². The summed E-state index contributed by atoms with van der Waals surface area (Å²) in [5, 5.41) is 1.95. The summed E-state index contributed by atoms with van der Waals surface area (Å²) in [6.45, 7) is 6.35. The Hall–Kier alpha value is -0.830. The van der Waals surface area contributed by atoms with Crippen molar-refractivity contribution >= 4 is 5.97 Å². The molecule has 0 aliphatic heterocycles. The summed E-state index contributed by atoms with van der Waals surface area (Å²) in [4.78, 5) is 10.7. The summed E-state index contributed by atoms with van der Waals surface area (Å²) >= 11 is 0. The number of hydrogen-bond acceptors (Lipinski definition) is 2. The third-order valence-corrected chi connectivity index (χ3v) is 0.988. The topological polar surface area (TPSA) is 42.9 Å². The van der Waals surface area contributed by atoms with Gasteiger partial charge in [0.05, 0.1) is 7.05 Å². The molecule has 0 fully saturated rings. The van der Waals surface area contributed by atoms with Crippen LogP contribution in [0.3, 0.4) is 0 Å². The Morgan fingerprint density at radius 1 is 1.70 bits per heavy atom. The summed E-state index contributed by atoms with van der Waals surface area (Å²) in [5.41, 5.74) is 0.455. The zero-order valence-electron chi connectivity index (χ0n) is 6.52. The highest BCUT2D eigenvalue weighted by atomic mass is 16.5. The van der Waals surface area contributed by atoms with Gasteiger partial charge in [0.15, 0.2) is 0 Å². The van der Waals surface area contributed by atoms with E-state index in [1.807, 2.05) is 12.4 Å². The van der Waals surface area contributed by atoms with Gasteiger partial charge in [-0.2, -0.15) is 0 Å². The molecular weight excluding hydrogens is 130 g/mol. The zero-order valence-corrected chi connectivity index (χ0v) is 6.52. The van der Waals surface area contributed by atoms with Crippen LogP contribution in [0, 0.1) is 0 Å². The van der Waals surface area contributed by atoms with Crippen molar-refractivity contribution in [3.63, 3.8) is 0 Å². The number of quaternary nitrogens is 1. The van der Waals surface area contributed by atoms with Gasteiger partial charge in [0, 0.05) is 5.57 Å². The molecule has 0 atom stereocenters. The Bertz CT molecular complexity index is 132. The first-order valence-corrected chi connectivity index (χ1v) is 3.29. The van der Waals surface area contributed by atoms with Gasteiger partial charge in [0.25, 0.3) is 0 Å². The molecule has 10 heavy (non-hydrogen) atoms. The molecule has 0 aromatic rings. The van der Waals surface area contributed by atoms with Crippen LogP contribution in [-0.2, 0) is 9.53 Å². The molecule has 0 rings (SSSR count). The zero-order chi connectivity index (χ0) is 7.98. The van der Waals surface area contributed by atoms with Crippen LogP contribution >= 0.6 is 0 Å². The molecule has 0 aromatic carbocycles. The summed E-state index contributed by atoms with van der Waals surface area (Å²) < 4.78 is 4.77. The molecule has 0 amide bonds. The number of hydrogen-bond donors (Lipinski definition) is 1. The van der Waals surface area contributed by atoms with E-state index in [0.717, 1.165) is 6.54 Å². The number of carbonyl (C=O) groups excluding carboxylic acids is 1. The molecular formula is C7H14NO2+. The minimum Gasteiger partial charge on any atom is -0.456 e. The molecule has 2 N–H and O–H groups in total. The predicted octanol–water partition coefficient (Wildman–Crippen LogP) is -0.701. The van der Waals surface area contributed by atoms with Gasteiger partial charge in [0.1, 0.15) is 13.2 Å². The van der Waals surface area contributed by atoms with Gasteiger partial charge in [-0.05, 0) is 6.92 Å². The fraction of sp³-hybridized carbons (Fsp3) is 0.571. The normalized spacial score (nSPS) is 9.00. The van der Waals surface area contributed by atoms with E-state index in [9.17, 15) is 4.79 Å². The number of carbonyl (C=O) groups is 1. The van der Waals surface area contributed by atoms with Crippen LogP contribution < -0.4 is 5.32 Å². The van der Waals surface area contributed by atoms with Crippen molar-refractivity contribution < 1.29 is 14.8 Å². The lowest BCUT2D eigenvalue weighted by molar-refractivity contribution is -0.628. The van der Waals surface area contributed by atoms with Crippen LogP contribution in [-0.4, -0.2) is 26.2 Å². The molecule has 0 aliphatic rings. The van der Waals surface area contributed by atoms with E-state index in [0.29, 0.717) is 12.2 Å². The van der Waals surface area contributed by atoms with Crippen LogP contribution in [0.2, 0.25) is 0 Å². The molecule has 58 valence electrons. The Labute approximate surface area is 61.1 Å². The van der Waals surface area contributed by atoms with Gasteiger partial charge in [-0.3, -0.25) is 0 Å². The van der Waals surface area contributed by atoms with E-state index >= 15 is 0 Å². The van der Waals surface area contributed by atoms with Gasteiger partial charge in [-0.1, -0.05) is 6.58 Å². The molecule has 0 unspecified atom stereocenters. The van der Waals surface area contributed by atoms with Crippen molar-refractivity contribution in [2.45, 2.75) is 6.92 Å². The van der Waals surface area contributed by atoms with Gasteiger partial charge in [-0.25, -0.2) is 4.79 Å². The second-order valence-corrected chi connectivity index (χ2v) is 2.11. The maximum absolute atomic E-state index is 10.7. The van der Waals surface area contributed by atoms with Gasteiger partial charge < -0.3 is 10.1 Å². The lowest BCUT2D eigenvalue weighted by atomic mass is 10.4. The highest BCUT2D eigenvalue weighted by molar-refractivity contribution is 5.86. The molecule has 0 saturated heterocycles. The summed E-state index contributed by atoms with van der Waals surface area (Å²) in [6.07, 6.45) is 0. The van der Waals surface area contributed by atoms with Gasteiger partial charge in [-0.15, -0.1) is 0 Å². The monoisotopic (exact) mass is 144 g/mol. The molecule has 3 nitrogen and oxygen atoms in total. The second kappa shape index (κ2) is 4.99. The maximum Gasteiger partial charge on any atom is 0.333 e. The van der Waals surface area contributed by atoms with E-state index in [2.05, 4.69) is 6.58 Å². The average molecular weight is 144 g/mol. The number of esters is 1. The SMILES string of the molecule is C=C(C)C(=O)OCC[NH2+]C. The van der Waals surface area contributed by atoms with Crippen LogP contribution in [0.1, 0.15) is 6.92 Å². The molecule has 0 aromatic heterocycles. The van der Waals surface area contributed by atoms with E-state index in [1.54, 1.807) is 6.92 Å². The standard InChI is InChI=1S/C7H13NO2/c1-6(2)7(9)10-5-4-8-3/h8H,1,4-5H2,2-3H3/p+1.